The molecule has 2 aromatic rings. The number of aryl methyl sites for hydroxylation is 1. The first-order valence-electron chi connectivity index (χ1n) is 8.44. The van der Waals surface area contributed by atoms with E-state index in [-0.39, 0.29) is 24.8 Å². The molecule has 2 heterocycles. The van der Waals surface area contributed by atoms with Gasteiger partial charge in [0.2, 0.25) is 0 Å². The van der Waals surface area contributed by atoms with Crippen molar-refractivity contribution in [2.45, 2.75) is 51.1 Å². The summed E-state index contributed by atoms with van der Waals surface area (Å²) in [6.45, 7) is 3.36. The van der Waals surface area contributed by atoms with Crippen molar-refractivity contribution in [3.63, 3.8) is 0 Å². The smallest absolute Gasteiger partial charge is 0.137 e. The molecule has 0 saturated carbocycles. The van der Waals surface area contributed by atoms with Crippen molar-refractivity contribution < 1.29 is 0 Å². The lowest BCUT2D eigenvalue weighted by Crippen LogP contribution is -2.43. The van der Waals surface area contributed by atoms with Crippen LogP contribution < -0.4 is 5.32 Å². The van der Waals surface area contributed by atoms with Crippen LogP contribution in [-0.2, 0) is 6.42 Å². The lowest BCUT2D eigenvalue weighted by atomic mass is 9.85. The standard InChI is InChI=1S/C18H26N4.2ClH/c1-15(22-14-19-13-21-22)18-12-17(10-11-20-18)9-5-8-16-6-3-2-4-7-16;;/h2-4,6-7,13-15,17-18,20H,5,8-12H2,1H3;2*1H. The highest BCUT2D eigenvalue weighted by Gasteiger charge is 2.26. The van der Waals surface area contributed by atoms with Crippen molar-refractivity contribution in [2.75, 3.05) is 6.54 Å². The van der Waals surface area contributed by atoms with Gasteiger partial charge in [0.05, 0.1) is 6.04 Å². The maximum absolute atomic E-state index is 4.28. The zero-order valence-corrected chi connectivity index (χ0v) is 15.8. The molecule has 24 heavy (non-hydrogen) atoms. The van der Waals surface area contributed by atoms with Gasteiger partial charge < -0.3 is 5.32 Å². The Morgan fingerprint density at radius 3 is 2.75 bits per heavy atom. The van der Waals surface area contributed by atoms with E-state index in [1.807, 2.05) is 11.0 Å². The Labute approximate surface area is 157 Å². The van der Waals surface area contributed by atoms with Crippen molar-refractivity contribution in [2.24, 2.45) is 5.92 Å². The van der Waals surface area contributed by atoms with E-state index in [0.29, 0.717) is 12.1 Å². The Morgan fingerprint density at radius 2 is 2.04 bits per heavy atom. The summed E-state index contributed by atoms with van der Waals surface area (Å²) in [7, 11) is 0. The highest BCUT2D eigenvalue weighted by molar-refractivity contribution is 5.85. The van der Waals surface area contributed by atoms with Gasteiger partial charge >= 0.3 is 0 Å². The van der Waals surface area contributed by atoms with E-state index in [1.54, 1.807) is 6.33 Å². The maximum atomic E-state index is 4.28. The number of aromatic nitrogens is 3. The Morgan fingerprint density at radius 1 is 1.25 bits per heavy atom. The zero-order chi connectivity index (χ0) is 15.2. The number of nitrogens with one attached hydrogen (secondary N) is 1. The van der Waals surface area contributed by atoms with Gasteiger partial charge in [-0.2, -0.15) is 5.10 Å². The van der Waals surface area contributed by atoms with E-state index in [2.05, 4.69) is 52.7 Å². The summed E-state index contributed by atoms with van der Waals surface area (Å²) in [5, 5.41) is 7.94. The third-order valence-corrected chi connectivity index (χ3v) is 4.90. The van der Waals surface area contributed by atoms with Crippen LogP contribution >= 0.6 is 24.8 Å². The number of piperidine rings is 1. The van der Waals surface area contributed by atoms with Gasteiger partial charge in [-0.25, -0.2) is 9.67 Å². The molecule has 1 aromatic carbocycles. The first-order valence-corrected chi connectivity index (χ1v) is 8.44. The van der Waals surface area contributed by atoms with Crippen LogP contribution in [0.25, 0.3) is 0 Å². The molecule has 1 N–H and O–H groups in total. The Bertz CT molecular complexity index is 547. The summed E-state index contributed by atoms with van der Waals surface area (Å²) < 4.78 is 1.98. The lowest BCUT2D eigenvalue weighted by molar-refractivity contribution is 0.227. The van der Waals surface area contributed by atoms with E-state index < -0.39 is 0 Å². The third-order valence-electron chi connectivity index (χ3n) is 4.90. The lowest BCUT2D eigenvalue weighted by Gasteiger charge is -2.34. The molecule has 1 saturated heterocycles. The predicted octanol–water partition coefficient (Wildman–Crippen LogP) is 4.07. The molecule has 3 atom stereocenters. The van der Waals surface area contributed by atoms with Crippen LogP contribution in [0.4, 0.5) is 0 Å². The van der Waals surface area contributed by atoms with Gasteiger partial charge in [0.15, 0.2) is 0 Å². The molecule has 1 aliphatic rings. The molecule has 1 aliphatic heterocycles. The Hall–Kier alpha value is -1.10. The number of halogens is 2. The van der Waals surface area contributed by atoms with Gasteiger partial charge in [0.25, 0.3) is 0 Å². The van der Waals surface area contributed by atoms with Crippen LogP contribution in [0.5, 0.6) is 0 Å². The fourth-order valence-corrected chi connectivity index (χ4v) is 3.51. The molecule has 0 amide bonds. The van der Waals surface area contributed by atoms with Gasteiger partial charge in [0, 0.05) is 6.04 Å². The summed E-state index contributed by atoms with van der Waals surface area (Å²) >= 11 is 0. The molecule has 0 bridgehead atoms. The minimum absolute atomic E-state index is 0. The van der Waals surface area contributed by atoms with E-state index >= 15 is 0 Å². The average molecular weight is 371 g/mol. The second-order valence-corrected chi connectivity index (χ2v) is 6.44. The van der Waals surface area contributed by atoms with Crippen molar-refractivity contribution in [3.8, 4) is 0 Å². The monoisotopic (exact) mass is 370 g/mol. The molecule has 0 radical (unpaired) electrons. The molecule has 3 unspecified atom stereocenters. The van der Waals surface area contributed by atoms with Crippen LogP contribution in [0.2, 0.25) is 0 Å². The number of hydrogen-bond donors (Lipinski definition) is 1. The van der Waals surface area contributed by atoms with Gasteiger partial charge in [-0.05, 0) is 50.6 Å². The molecule has 1 fully saturated rings. The summed E-state index contributed by atoms with van der Waals surface area (Å²) in [5.41, 5.74) is 1.46. The minimum atomic E-state index is 0. The van der Waals surface area contributed by atoms with Crippen LogP contribution in [0, 0.1) is 5.92 Å². The van der Waals surface area contributed by atoms with E-state index in [0.717, 1.165) is 12.5 Å². The van der Waals surface area contributed by atoms with E-state index in [4.69, 9.17) is 0 Å². The highest BCUT2D eigenvalue weighted by Crippen LogP contribution is 2.27. The van der Waals surface area contributed by atoms with Gasteiger partial charge in [0.1, 0.15) is 12.7 Å². The summed E-state index contributed by atoms with van der Waals surface area (Å²) in [4.78, 5) is 4.06. The van der Waals surface area contributed by atoms with Crippen LogP contribution in [0.3, 0.4) is 0 Å². The second kappa shape index (κ2) is 10.7. The summed E-state index contributed by atoms with van der Waals surface area (Å²) in [6, 6.07) is 11.7. The fraction of sp³-hybridized carbons (Fsp3) is 0.556. The molecule has 0 spiro atoms. The van der Waals surface area contributed by atoms with E-state index in [9.17, 15) is 0 Å². The van der Waals surface area contributed by atoms with Crippen LogP contribution in [-0.4, -0.2) is 27.4 Å². The molecular formula is C18H28Cl2N4. The first-order chi connectivity index (χ1) is 10.8. The number of nitrogens with zero attached hydrogens (tertiary/aromatic N) is 3. The number of hydrogen-bond acceptors (Lipinski definition) is 3. The predicted molar refractivity (Wildman–Crippen MR) is 103 cm³/mol. The van der Waals surface area contributed by atoms with Gasteiger partial charge in [-0.3, -0.25) is 0 Å². The quantitative estimate of drug-likeness (QED) is 0.832. The Balaban J connectivity index is 0.00000144. The maximum Gasteiger partial charge on any atom is 0.137 e. The first kappa shape index (κ1) is 20.9. The normalized spacial score (nSPS) is 21.4. The van der Waals surface area contributed by atoms with Gasteiger partial charge in [-0.1, -0.05) is 36.8 Å². The molecule has 1 aromatic heterocycles. The average Bonchev–Trinajstić information content (AvgIpc) is 3.10. The SMILES string of the molecule is CC(C1CC(CCCc2ccccc2)CCN1)n1cncn1.Cl.Cl. The van der Waals surface area contributed by atoms with Crippen molar-refractivity contribution in [1.29, 1.82) is 0 Å². The molecule has 134 valence electrons. The molecular weight excluding hydrogens is 343 g/mol. The number of rotatable bonds is 6. The highest BCUT2D eigenvalue weighted by atomic mass is 35.5. The Kier molecular flexibility index (Phi) is 9.34. The second-order valence-electron chi connectivity index (χ2n) is 6.44. The molecule has 3 rings (SSSR count). The van der Waals surface area contributed by atoms with Crippen molar-refractivity contribution in [1.82, 2.24) is 20.1 Å². The molecule has 4 nitrogen and oxygen atoms in total. The van der Waals surface area contributed by atoms with E-state index in [1.165, 1.54) is 37.7 Å². The molecule has 0 aliphatic carbocycles. The fourth-order valence-electron chi connectivity index (χ4n) is 3.51. The van der Waals surface area contributed by atoms with Crippen LogP contribution in [0.1, 0.15) is 44.2 Å². The van der Waals surface area contributed by atoms with Crippen LogP contribution in [0.15, 0.2) is 43.0 Å². The third kappa shape index (κ3) is 5.76. The van der Waals surface area contributed by atoms with Crippen molar-refractivity contribution >= 4 is 24.8 Å². The largest absolute Gasteiger partial charge is 0.312 e. The minimum Gasteiger partial charge on any atom is -0.312 e. The summed E-state index contributed by atoms with van der Waals surface area (Å²) in [5.74, 6) is 0.834. The zero-order valence-electron chi connectivity index (χ0n) is 14.2. The number of benzene rings is 1. The molecule has 6 heteroatoms. The van der Waals surface area contributed by atoms with Gasteiger partial charge in [-0.15, -0.1) is 24.8 Å². The summed E-state index contributed by atoms with van der Waals surface area (Å²) in [6.07, 6.45) is 9.82. The topological polar surface area (TPSA) is 42.7 Å². The van der Waals surface area contributed by atoms with Crippen molar-refractivity contribution in [3.05, 3.63) is 48.5 Å².